The smallest absolute Gasteiger partial charge is 0.338 e. The maximum atomic E-state index is 13.4. The Balaban J connectivity index is 2.04. The third-order valence-corrected chi connectivity index (χ3v) is 5.32. The van der Waals surface area contributed by atoms with Gasteiger partial charge in [-0.25, -0.2) is 4.79 Å². The van der Waals surface area contributed by atoms with E-state index >= 15 is 0 Å². The fourth-order valence-corrected chi connectivity index (χ4v) is 3.98. The van der Waals surface area contributed by atoms with Crippen LogP contribution >= 0.6 is 15.9 Å². The van der Waals surface area contributed by atoms with Crippen molar-refractivity contribution in [1.82, 2.24) is 4.57 Å². The fraction of sp³-hybridized carbons (Fsp3) is 0.0476. The van der Waals surface area contributed by atoms with Crippen LogP contribution < -0.4 is 0 Å². The lowest BCUT2D eigenvalue weighted by Gasteiger charge is -2.10. The Hall–Kier alpha value is -2.92. The topological polar surface area (TPSA) is 59.3 Å². The van der Waals surface area contributed by atoms with Crippen molar-refractivity contribution in [1.29, 1.82) is 0 Å². The highest BCUT2D eigenvalue weighted by Crippen LogP contribution is 2.30. The molecule has 0 bridgehead atoms. The van der Waals surface area contributed by atoms with Crippen molar-refractivity contribution in [2.24, 2.45) is 0 Å². The van der Waals surface area contributed by atoms with Crippen molar-refractivity contribution in [3.63, 3.8) is 0 Å². The van der Waals surface area contributed by atoms with Gasteiger partial charge >= 0.3 is 5.97 Å². The van der Waals surface area contributed by atoms with E-state index in [0.29, 0.717) is 22.2 Å². The van der Waals surface area contributed by atoms with Gasteiger partial charge in [-0.1, -0.05) is 58.4 Å². The van der Waals surface area contributed by atoms with Crippen molar-refractivity contribution >= 4 is 49.5 Å². The number of carboxylic acid groups (broad SMARTS) is 1. The zero-order valence-corrected chi connectivity index (χ0v) is 15.4. The monoisotopic (exact) mass is 407 g/mol. The van der Waals surface area contributed by atoms with Gasteiger partial charge in [-0.05, 0) is 35.9 Å². The predicted molar refractivity (Wildman–Crippen MR) is 105 cm³/mol. The summed E-state index contributed by atoms with van der Waals surface area (Å²) in [4.78, 5) is 25.1. The maximum Gasteiger partial charge on any atom is 0.338 e. The van der Waals surface area contributed by atoms with Crippen LogP contribution in [0.1, 0.15) is 26.4 Å². The highest BCUT2D eigenvalue weighted by atomic mass is 79.9. The third kappa shape index (κ3) is 2.35. The molecule has 0 radical (unpaired) electrons. The number of para-hydroxylation sites is 1. The van der Waals surface area contributed by atoms with Crippen LogP contribution in [-0.4, -0.2) is 21.6 Å². The zero-order valence-electron chi connectivity index (χ0n) is 13.9. The van der Waals surface area contributed by atoms with E-state index in [2.05, 4.69) is 15.9 Å². The Kier molecular flexibility index (Phi) is 3.89. The summed E-state index contributed by atoms with van der Waals surface area (Å²) in [7, 11) is 0. The Bertz CT molecular complexity index is 1210. The van der Waals surface area contributed by atoms with Gasteiger partial charge in [0.15, 0.2) is 0 Å². The number of halogens is 1. The van der Waals surface area contributed by atoms with Crippen LogP contribution in [0.2, 0.25) is 0 Å². The number of carbonyl (C=O) groups is 2. The van der Waals surface area contributed by atoms with E-state index in [-0.39, 0.29) is 11.5 Å². The van der Waals surface area contributed by atoms with Crippen LogP contribution in [0.3, 0.4) is 0 Å². The molecule has 5 heteroatoms. The van der Waals surface area contributed by atoms with Gasteiger partial charge in [0.1, 0.15) is 0 Å². The van der Waals surface area contributed by atoms with Crippen LogP contribution in [0.25, 0.3) is 21.7 Å². The Labute approximate surface area is 157 Å². The van der Waals surface area contributed by atoms with Gasteiger partial charge in [0.2, 0.25) is 0 Å². The van der Waals surface area contributed by atoms with Crippen LogP contribution in [0.4, 0.5) is 0 Å². The zero-order chi connectivity index (χ0) is 18.4. The lowest BCUT2D eigenvalue weighted by molar-refractivity contribution is 0.0698. The molecule has 3 aromatic carbocycles. The van der Waals surface area contributed by atoms with Gasteiger partial charge in [-0.3, -0.25) is 9.36 Å². The number of hydrogen-bond acceptors (Lipinski definition) is 2. The van der Waals surface area contributed by atoms with Crippen molar-refractivity contribution in [2.75, 3.05) is 0 Å². The molecule has 1 aromatic heterocycles. The van der Waals surface area contributed by atoms with Crippen LogP contribution in [0, 0.1) is 6.92 Å². The highest BCUT2D eigenvalue weighted by molar-refractivity contribution is 9.10. The number of carboxylic acids is 1. The number of carbonyl (C=O) groups excluding carboxylic acids is 1. The molecule has 4 aromatic rings. The standard InChI is InChI=1S/C21H14BrNO3/c1-12-19(21(25)26)16-6-2-3-11-18(16)23(12)20(24)15-9-4-8-14-13(15)7-5-10-17(14)22/h2-11H,1H3,(H,25,26). The quantitative estimate of drug-likeness (QED) is 0.493. The average molecular weight is 408 g/mol. The maximum absolute atomic E-state index is 13.4. The summed E-state index contributed by atoms with van der Waals surface area (Å²) in [6.45, 7) is 1.67. The van der Waals surface area contributed by atoms with Gasteiger partial charge in [0, 0.05) is 21.1 Å². The number of aromatic carboxylic acids is 1. The molecule has 0 saturated heterocycles. The van der Waals surface area contributed by atoms with Gasteiger partial charge in [-0.15, -0.1) is 0 Å². The van der Waals surface area contributed by atoms with Crippen molar-refractivity contribution < 1.29 is 14.7 Å². The summed E-state index contributed by atoms with van der Waals surface area (Å²) in [5.74, 6) is -1.28. The molecule has 0 aliphatic rings. The summed E-state index contributed by atoms with van der Waals surface area (Å²) >= 11 is 3.52. The molecule has 0 fully saturated rings. The number of fused-ring (bicyclic) bond motifs is 2. The molecule has 4 rings (SSSR count). The molecule has 26 heavy (non-hydrogen) atoms. The summed E-state index contributed by atoms with van der Waals surface area (Å²) in [5.41, 5.74) is 1.72. The first-order valence-corrected chi connectivity index (χ1v) is 8.85. The number of aromatic nitrogens is 1. The van der Waals surface area contributed by atoms with E-state index in [4.69, 9.17) is 0 Å². The largest absolute Gasteiger partial charge is 0.478 e. The van der Waals surface area contributed by atoms with E-state index in [1.165, 1.54) is 4.57 Å². The van der Waals surface area contributed by atoms with E-state index in [1.54, 1.807) is 37.3 Å². The summed E-state index contributed by atoms with van der Waals surface area (Å²) in [6.07, 6.45) is 0. The van der Waals surface area contributed by atoms with Crippen LogP contribution in [0.5, 0.6) is 0 Å². The highest BCUT2D eigenvalue weighted by Gasteiger charge is 2.24. The van der Waals surface area contributed by atoms with Gasteiger partial charge in [-0.2, -0.15) is 0 Å². The summed E-state index contributed by atoms with van der Waals surface area (Å²) < 4.78 is 2.40. The first-order chi connectivity index (χ1) is 12.5. The molecule has 0 aliphatic carbocycles. The molecule has 0 amide bonds. The van der Waals surface area contributed by atoms with Crippen molar-refractivity contribution in [3.8, 4) is 0 Å². The second-order valence-corrected chi connectivity index (χ2v) is 6.92. The lowest BCUT2D eigenvalue weighted by atomic mass is 10.0. The third-order valence-electron chi connectivity index (χ3n) is 4.63. The Morgan fingerprint density at radius 1 is 0.885 bits per heavy atom. The summed E-state index contributed by atoms with van der Waals surface area (Å²) in [5, 5.41) is 11.9. The first-order valence-electron chi connectivity index (χ1n) is 8.06. The van der Waals surface area contributed by atoms with E-state index in [9.17, 15) is 14.7 Å². The SMILES string of the molecule is Cc1c(C(=O)O)c2ccccc2n1C(=O)c1cccc2c(Br)cccc12. The second-order valence-electron chi connectivity index (χ2n) is 6.06. The molecule has 0 aliphatic heterocycles. The van der Waals surface area contributed by atoms with Crippen molar-refractivity contribution in [2.45, 2.75) is 6.92 Å². The van der Waals surface area contributed by atoms with Crippen LogP contribution in [-0.2, 0) is 0 Å². The fourth-order valence-electron chi connectivity index (χ4n) is 3.48. The van der Waals surface area contributed by atoms with E-state index in [0.717, 1.165) is 15.2 Å². The molecule has 0 atom stereocenters. The van der Waals surface area contributed by atoms with Gasteiger partial charge in [0.25, 0.3) is 5.91 Å². The molecule has 1 N–H and O–H groups in total. The van der Waals surface area contributed by atoms with E-state index < -0.39 is 5.97 Å². The number of nitrogens with zero attached hydrogens (tertiary/aromatic N) is 1. The molecule has 1 heterocycles. The number of benzene rings is 3. The van der Waals surface area contributed by atoms with Crippen molar-refractivity contribution in [3.05, 3.63) is 82.0 Å². The minimum absolute atomic E-state index is 0.162. The Morgan fingerprint density at radius 3 is 2.31 bits per heavy atom. The molecular formula is C21H14BrNO3. The first kappa shape index (κ1) is 16.5. The van der Waals surface area contributed by atoms with Crippen LogP contribution in [0.15, 0.2) is 65.1 Å². The molecule has 0 saturated carbocycles. The summed E-state index contributed by atoms with van der Waals surface area (Å²) in [6, 6.07) is 18.3. The minimum atomic E-state index is -1.04. The van der Waals surface area contributed by atoms with E-state index in [1.807, 2.05) is 30.3 Å². The Morgan fingerprint density at radius 2 is 1.54 bits per heavy atom. The minimum Gasteiger partial charge on any atom is -0.478 e. The second kappa shape index (κ2) is 6.11. The predicted octanol–water partition coefficient (Wildman–Crippen LogP) is 5.25. The molecule has 0 spiro atoms. The molecule has 4 nitrogen and oxygen atoms in total. The molecule has 0 unspecified atom stereocenters. The molecular weight excluding hydrogens is 394 g/mol. The van der Waals surface area contributed by atoms with Gasteiger partial charge in [0.05, 0.1) is 11.1 Å². The average Bonchev–Trinajstić information content (AvgIpc) is 2.93. The molecule has 128 valence electrons. The lowest BCUT2D eigenvalue weighted by Crippen LogP contribution is -2.14. The number of rotatable bonds is 2. The number of hydrogen-bond donors (Lipinski definition) is 1. The van der Waals surface area contributed by atoms with Gasteiger partial charge < -0.3 is 5.11 Å². The normalized spacial score (nSPS) is 11.2.